The van der Waals surface area contributed by atoms with Crippen LogP contribution in [0, 0.1) is 5.82 Å². The van der Waals surface area contributed by atoms with Crippen molar-refractivity contribution in [3.63, 3.8) is 0 Å². The molecule has 0 atom stereocenters. The molecule has 2 fully saturated rings. The van der Waals surface area contributed by atoms with Gasteiger partial charge in [-0.15, -0.1) is 0 Å². The zero-order valence-electron chi connectivity index (χ0n) is 20.2. The Bertz CT molecular complexity index is 1110. The number of nitrogens with zero attached hydrogens (tertiary/aromatic N) is 4. The highest BCUT2D eigenvalue weighted by atomic mass is 19.1. The second kappa shape index (κ2) is 11.0. The molecule has 3 aliphatic rings. The quantitative estimate of drug-likeness (QED) is 0.670. The minimum Gasteiger partial charge on any atom is -0.379 e. The van der Waals surface area contributed by atoms with Crippen molar-refractivity contribution in [2.75, 3.05) is 65.6 Å². The van der Waals surface area contributed by atoms with E-state index in [9.17, 15) is 14.0 Å². The summed E-state index contributed by atoms with van der Waals surface area (Å²) in [6.45, 7) is 8.33. The van der Waals surface area contributed by atoms with Crippen LogP contribution in [0.15, 0.2) is 23.0 Å². The summed E-state index contributed by atoms with van der Waals surface area (Å²) >= 11 is 0. The molecule has 1 aromatic carbocycles. The number of hydrogen-bond acceptors (Lipinski definition) is 6. The Balaban J connectivity index is 1.21. The lowest BCUT2D eigenvalue weighted by atomic mass is 9.90. The molecule has 188 valence electrons. The van der Waals surface area contributed by atoms with E-state index in [0.717, 1.165) is 101 Å². The van der Waals surface area contributed by atoms with Gasteiger partial charge in [0.1, 0.15) is 5.82 Å². The third-order valence-electron chi connectivity index (χ3n) is 7.51. The molecule has 3 heterocycles. The number of morpholine rings is 1. The molecule has 0 radical (unpaired) electrons. The van der Waals surface area contributed by atoms with Gasteiger partial charge in [0.25, 0.3) is 11.5 Å². The fraction of sp³-hybridized carbons (Fsp3) is 0.577. The van der Waals surface area contributed by atoms with Crippen molar-refractivity contribution < 1.29 is 13.9 Å². The molecule has 1 N–H and O–H groups in total. The van der Waals surface area contributed by atoms with Crippen molar-refractivity contribution in [2.45, 2.75) is 32.1 Å². The van der Waals surface area contributed by atoms with Crippen molar-refractivity contribution in [3.05, 3.63) is 62.3 Å². The molecule has 2 aromatic rings. The number of fused-ring (bicyclic) bond motifs is 1. The molecule has 0 saturated carbocycles. The van der Waals surface area contributed by atoms with Gasteiger partial charge in [-0.2, -0.15) is 5.10 Å². The predicted octanol–water partition coefficient (Wildman–Crippen LogP) is 1.47. The number of H-pyrrole nitrogens is 1. The van der Waals surface area contributed by atoms with E-state index in [4.69, 9.17) is 4.74 Å². The number of halogens is 1. The first-order valence-corrected chi connectivity index (χ1v) is 12.8. The first kappa shape index (κ1) is 24.1. The lowest BCUT2D eigenvalue weighted by Crippen LogP contribution is -2.51. The Kier molecular flexibility index (Phi) is 7.55. The van der Waals surface area contributed by atoms with Crippen molar-refractivity contribution in [1.82, 2.24) is 24.9 Å². The van der Waals surface area contributed by atoms with Crippen molar-refractivity contribution in [2.24, 2.45) is 0 Å². The lowest BCUT2D eigenvalue weighted by molar-refractivity contribution is 0.0293. The van der Waals surface area contributed by atoms with Crippen LogP contribution in [0.2, 0.25) is 0 Å². The normalized spacial score (nSPS) is 19.5. The van der Waals surface area contributed by atoms with Gasteiger partial charge in [0.15, 0.2) is 0 Å². The third kappa shape index (κ3) is 5.63. The maximum atomic E-state index is 14.7. The molecule has 1 aromatic heterocycles. The van der Waals surface area contributed by atoms with Crippen LogP contribution in [-0.4, -0.2) is 96.4 Å². The van der Waals surface area contributed by atoms with Gasteiger partial charge in [-0.05, 0) is 48.9 Å². The number of carbonyl (C=O) groups is 1. The van der Waals surface area contributed by atoms with Crippen molar-refractivity contribution in [3.8, 4) is 0 Å². The van der Waals surface area contributed by atoms with Gasteiger partial charge in [-0.25, -0.2) is 9.49 Å². The lowest BCUT2D eigenvalue weighted by Gasteiger charge is -2.36. The molecule has 2 saturated heterocycles. The summed E-state index contributed by atoms with van der Waals surface area (Å²) in [4.78, 5) is 31.9. The van der Waals surface area contributed by atoms with E-state index in [0.29, 0.717) is 19.5 Å². The standard InChI is InChI=1S/C26H34FN5O3/c27-23-6-5-19(18-24-20-3-1-2-4-21(20)25(33)29-28-24)17-22(23)26(34)32-11-9-30(10-12-32)7-8-31-13-15-35-16-14-31/h5-6,17H,1-4,7-16,18H2,(H,29,33). The number of aromatic amines is 1. The molecule has 2 aliphatic heterocycles. The fourth-order valence-corrected chi connectivity index (χ4v) is 5.37. The Morgan fingerprint density at radius 2 is 1.66 bits per heavy atom. The van der Waals surface area contributed by atoms with Crippen LogP contribution in [0.1, 0.15) is 45.6 Å². The van der Waals surface area contributed by atoms with Gasteiger partial charge in [0.2, 0.25) is 0 Å². The summed E-state index contributed by atoms with van der Waals surface area (Å²) in [7, 11) is 0. The molecule has 0 spiro atoms. The summed E-state index contributed by atoms with van der Waals surface area (Å²) in [6.07, 6.45) is 4.12. The molecule has 35 heavy (non-hydrogen) atoms. The summed E-state index contributed by atoms with van der Waals surface area (Å²) in [5, 5.41) is 6.91. The SMILES string of the molecule is O=C(c1cc(Cc2n[nH]c(=O)c3c2CCCC3)ccc1F)N1CCN(CCN2CCOCC2)CC1. The number of piperazine rings is 1. The van der Waals surface area contributed by atoms with Gasteiger partial charge < -0.3 is 9.64 Å². The molecule has 1 aliphatic carbocycles. The molecule has 9 heteroatoms. The second-order valence-corrected chi connectivity index (χ2v) is 9.74. The predicted molar refractivity (Wildman–Crippen MR) is 130 cm³/mol. The largest absolute Gasteiger partial charge is 0.379 e. The minimum atomic E-state index is -0.495. The first-order valence-electron chi connectivity index (χ1n) is 12.8. The van der Waals surface area contributed by atoms with Crippen LogP contribution in [0.5, 0.6) is 0 Å². The number of hydrogen-bond donors (Lipinski definition) is 1. The fourth-order valence-electron chi connectivity index (χ4n) is 5.37. The summed E-state index contributed by atoms with van der Waals surface area (Å²) in [5.74, 6) is -0.751. The smallest absolute Gasteiger partial charge is 0.267 e. The Labute approximate surface area is 205 Å². The monoisotopic (exact) mass is 483 g/mol. The van der Waals surface area contributed by atoms with E-state index >= 15 is 0 Å². The van der Waals surface area contributed by atoms with E-state index in [-0.39, 0.29) is 17.0 Å². The average Bonchev–Trinajstić information content (AvgIpc) is 2.91. The topological polar surface area (TPSA) is 81.8 Å². The minimum absolute atomic E-state index is 0.109. The average molecular weight is 484 g/mol. The highest BCUT2D eigenvalue weighted by Crippen LogP contribution is 2.23. The van der Waals surface area contributed by atoms with Gasteiger partial charge in [-0.3, -0.25) is 19.4 Å². The number of carbonyl (C=O) groups excluding carboxylic acids is 1. The number of aromatic nitrogens is 2. The van der Waals surface area contributed by atoms with E-state index in [1.165, 1.54) is 6.07 Å². The van der Waals surface area contributed by atoms with Crippen molar-refractivity contribution in [1.29, 1.82) is 0 Å². The third-order valence-corrected chi connectivity index (χ3v) is 7.51. The van der Waals surface area contributed by atoms with Crippen LogP contribution < -0.4 is 5.56 Å². The maximum Gasteiger partial charge on any atom is 0.267 e. The van der Waals surface area contributed by atoms with Crippen LogP contribution in [0.3, 0.4) is 0 Å². The summed E-state index contributed by atoms with van der Waals surface area (Å²) in [6, 6.07) is 4.74. The van der Waals surface area contributed by atoms with Crippen LogP contribution in [-0.2, 0) is 24.0 Å². The first-order chi connectivity index (χ1) is 17.1. The zero-order chi connectivity index (χ0) is 24.2. The summed E-state index contributed by atoms with van der Waals surface area (Å²) in [5.41, 5.74) is 3.49. The number of benzene rings is 1. The maximum absolute atomic E-state index is 14.7. The van der Waals surface area contributed by atoms with E-state index < -0.39 is 5.82 Å². The Morgan fingerprint density at radius 3 is 2.40 bits per heavy atom. The Hall–Kier alpha value is -2.62. The molecule has 0 unspecified atom stereocenters. The second-order valence-electron chi connectivity index (χ2n) is 9.74. The van der Waals surface area contributed by atoms with Gasteiger partial charge in [-0.1, -0.05) is 6.07 Å². The molecule has 5 rings (SSSR count). The highest BCUT2D eigenvalue weighted by molar-refractivity contribution is 5.94. The number of amides is 1. The number of rotatable bonds is 6. The van der Waals surface area contributed by atoms with E-state index in [1.54, 1.807) is 17.0 Å². The van der Waals surface area contributed by atoms with Crippen molar-refractivity contribution >= 4 is 5.91 Å². The van der Waals surface area contributed by atoms with Gasteiger partial charge >= 0.3 is 0 Å². The van der Waals surface area contributed by atoms with Gasteiger partial charge in [0, 0.05) is 64.3 Å². The highest BCUT2D eigenvalue weighted by Gasteiger charge is 2.25. The van der Waals surface area contributed by atoms with E-state index in [1.807, 2.05) is 0 Å². The number of ether oxygens (including phenoxy) is 1. The van der Waals surface area contributed by atoms with Gasteiger partial charge in [0.05, 0.1) is 24.5 Å². The Morgan fingerprint density at radius 1 is 0.971 bits per heavy atom. The molecular formula is C26H34FN5O3. The number of nitrogens with one attached hydrogen (secondary N) is 1. The molecule has 1 amide bonds. The molecular weight excluding hydrogens is 449 g/mol. The molecule has 0 bridgehead atoms. The molecule has 8 nitrogen and oxygen atoms in total. The van der Waals surface area contributed by atoms with Crippen LogP contribution in [0.25, 0.3) is 0 Å². The zero-order valence-corrected chi connectivity index (χ0v) is 20.2. The summed E-state index contributed by atoms with van der Waals surface area (Å²) < 4.78 is 20.1. The van der Waals surface area contributed by atoms with Crippen LogP contribution in [0.4, 0.5) is 4.39 Å². The van der Waals surface area contributed by atoms with Crippen LogP contribution >= 0.6 is 0 Å². The van der Waals surface area contributed by atoms with E-state index in [2.05, 4.69) is 20.0 Å².